The molecule has 0 amide bonds. The van der Waals surface area contributed by atoms with Crippen LogP contribution in [0.2, 0.25) is 0 Å². The van der Waals surface area contributed by atoms with Gasteiger partial charge in [0.2, 0.25) is 11.6 Å². The van der Waals surface area contributed by atoms with Crippen molar-refractivity contribution >= 4 is 34.2 Å². The van der Waals surface area contributed by atoms with Crippen molar-refractivity contribution in [3.05, 3.63) is 33.0 Å². The number of carbonyl (C=O) groups excluding carboxylic acids is 2. The van der Waals surface area contributed by atoms with Gasteiger partial charge >= 0.3 is 0 Å². The summed E-state index contributed by atoms with van der Waals surface area (Å²) in [5, 5.41) is 0. The van der Waals surface area contributed by atoms with Crippen molar-refractivity contribution < 1.29 is 9.59 Å². The van der Waals surface area contributed by atoms with Crippen LogP contribution in [0, 0.1) is 13.8 Å². The van der Waals surface area contributed by atoms with Crippen molar-refractivity contribution in [2.75, 3.05) is 0 Å². The second-order valence-corrected chi connectivity index (χ2v) is 6.37. The third-order valence-corrected chi connectivity index (χ3v) is 4.88. The molecule has 1 aliphatic carbocycles. The van der Waals surface area contributed by atoms with Crippen LogP contribution in [0.5, 0.6) is 0 Å². The predicted molar refractivity (Wildman–Crippen MR) is 88.5 cm³/mol. The van der Waals surface area contributed by atoms with Gasteiger partial charge in [-0.2, -0.15) is 0 Å². The zero-order valence-electron chi connectivity index (χ0n) is 12.8. The second-order valence-electron chi connectivity index (χ2n) is 3.86. The van der Waals surface area contributed by atoms with Crippen LogP contribution >= 0.6 is 22.7 Å². The quantitative estimate of drug-likeness (QED) is 0.600. The fraction of sp³-hybridized carbons (Fsp3) is 0.375. The summed E-state index contributed by atoms with van der Waals surface area (Å²) in [4.78, 5) is 27.8. The monoisotopic (exact) mass is 308 g/mol. The van der Waals surface area contributed by atoms with E-state index in [1.807, 2.05) is 53.7 Å². The zero-order chi connectivity index (χ0) is 15.4. The number of thiophene rings is 2. The van der Waals surface area contributed by atoms with Gasteiger partial charge in [0.05, 0.1) is 9.75 Å². The number of carbonyl (C=O) groups is 2. The summed E-state index contributed by atoms with van der Waals surface area (Å²) in [6, 6.07) is 3.64. The van der Waals surface area contributed by atoms with Crippen LogP contribution in [0.1, 0.15) is 58.2 Å². The average Bonchev–Trinajstić information content (AvgIpc) is 3.04. The lowest BCUT2D eigenvalue weighted by Gasteiger charge is -2.08. The Kier molecular flexibility index (Phi) is 5.84. The fourth-order valence-electron chi connectivity index (χ4n) is 1.95. The smallest absolute Gasteiger partial charge is 0.235 e. The summed E-state index contributed by atoms with van der Waals surface area (Å²) in [5.74, 6) is -0.714. The van der Waals surface area contributed by atoms with E-state index in [0.717, 1.165) is 19.5 Å². The van der Waals surface area contributed by atoms with Gasteiger partial charge in [-0.3, -0.25) is 9.59 Å². The molecular weight excluding hydrogens is 288 g/mol. The second kappa shape index (κ2) is 6.95. The van der Waals surface area contributed by atoms with Crippen LogP contribution in [0.25, 0.3) is 9.75 Å². The van der Waals surface area contributed by atoms with E-state index in [0.29, 0.717) is 11.1 Å². The number of Topliss-reactive ketones (excluding diaryl/α,β-unsaturated/α-hetero) is 2. The summed E-state index contributed by atoms with van der Waals surface area (Å²) in [7, 11) is 0. The van der Waals surface area contributed by atoms with E-state index in [4.69, 9.17) is 0 Å². The Balaban J connectivity index is 0.000000461. The normalized spacial score (nSPS) is 11.7. The molecule has 0 saturated heterocycles. The van der Waals surface area contributed by atoms with Gasteiger partial charge in [-0.15, -0.1) is 22.7 Å². The zero-order valence-corrected chi connectivity index (χ0v) is 14.4. The molecule has 108 valence electrons. The first-order chi connectivity index (χ1) is 9.58. The Hall–Kier alpha value is -1.26. The molecular formula is C16H20O2S2. The molecule has 0 atom stereocenters. The molecule has 2 heterocycles. The highest BCUT2D eigenvalue weighted by molar-refractivity contribution is 7.23. The Morgan fingerprint density at radius 1 is 0.700 bits per heavy atom. The van der Waals surface area contributed by atoms with Gasteiger partial charge in [-0.05, 0) is 26.0 Å². The maximum atomic E-state index is 11.9. The summed E-state index contributed by atoms with van der Waals surface area (Å²) < 4.78 is 0. The highest BCUT2D eigenvalue weighted by atomic mass is 32.1. The fourth-order valence-corrected chi connectivity index (χ4v) is 4.12. The first-order valence-corrected chi connectivity index (χ1v) is 8.51. The number of aryl methyl sites for hydroxylation is 2. The molecule has 4 heteroatoms. The lowest BCUT2D eigenvalue weighted by Crippen LogP contribution is -2.18. The van der Waals surface area contributed by atoms with Gasteiger partial charge in [0.25, 0.3) is 0 Å². The van der Waals surface area contributed by atoms with E-state index >= 15 is 0 Å². The van der Waals surface area contributed by atoms with E-state index in [9.17, 15) is 9.59 Å². The minimum absolute atomic E-state index is 0.357. The van der Waals surface area contributed by atoms with Gasteiger partial charge in [0.15, 0.2) is 0 Å². The van der Waals surface area contributed by atoms with Crippen LogP contribution in [0.15, 0.2) is 12.1 Å². The van der Waals surface area contributed by atoms with Crippen LogP contribution in [0.3, 0.4) is 0 Å². The molecule has 3 rings (SSSR count). The maximum Gasteiger partial charge on any atom is 0.235 e. The third kappa shape index (κ3) is 2.76. The summed E-state index contributed by atoms with van der Waals surface area (Å²) in [6.07, 6.45) is 0. The molecule has 0 N–H and O–H groups in total. The number of rotatable bonds is 0. The van der Waals surface area contributed by atoms with Crippen LogP contribution in [-0.4, -0.2) is 11.6 Å². The molecule has 2 aromatic heterocycles. The molecule has 0 bridgehead atoms. The van der Waals surface area contributed by atoms with Crippen molar-refractivity contribution in [2.45, 2.75) is 41.5 Å². The van der Waals surface area contributed by atoms with E-state index in [1.165, 1.54) is 0 Å². The summed E-state index contributed by atoms with van der Waals surface area (Å²) >= 11 is 3.18. The molecule has 0 unspecified atom stereocenters. The van der Waals surface area contributed by atoms with Crippen molar-refractivity contribution in [3.63, 3.8) is 0 Å². The Morgan fingerprint density at radius 3 is 1.30 bits per heavy atom. The number of hydrogen-bond donors (Lipinski definition) is 0. The third-order valence-electron chi connectivity index (χ3n) is 2.61. The highest BCUT2D eigenvalue weighted by Crippen LogP contribution is 2.43. The highest BCUT2D eigenvalue weighted by Gasteiger charge is 2.33. The molecule has 0 fully saturated rings. The molecule has 20 heavy (non-hydrogen) atoms. The first-order valence-electron chi connectivity index (χ1n) is 6.88. The predicted octanol–water partition coefficient (Wildman–Crippen LogP) is 5.52. The molecule has 0 radical (unpaired) electrons. The number of ketones is 2. The van der Waals surface area contributed by atoms with Crippen molar-refractivity contribution in [1.29, 1.82) is 0 Å². The van der Waals surface area contributed by atoms with E-state index in [-0.39, 0.29) is 11.6 Å². The number of fused-ring (bicyclic) bond motifs is 3. The van der Waals surface area contributed by atoms with Gasteiger partial charge in [-0.1, -0.05) is 27.7 Å². The van der Waals surface area contributed by atoms with Crippen molar-refractivity contribution in [2.24, 2.45) is 0 Å². The van der Waals surface area contributed by atoms with Crippen molar-refractivity contribution in [3.8, 4) is 9.75 Å². The molecule has 1 aliphatic rings. The largest absolute Gasteiger partial charge is 0.285 e. The molecule has 0 aromatic carbocycles. The molecule has 0 aliphatic heterocycles. The topological polar surface area (TPSA) is 34.1 Å². The Morgan fingerprint density at radius 2 is 1.00 bits per heavy atom. The number of hydrogen-bond acceptors (Lipinski definition) is 4. The summed E-state index contributed by atoms with van der Waals surface area (Å²) in [5.41, 5.74) is 1.17. The standard InChI is InChI=1S/C12H8O2S2.2C2H6/c1-5-3-7-9(13)10(14)8-4-6(2)16-12(8)11(7)15-5;2*1-2/h3-4H,1-2H3;2*1-2H3. The molecule has 0 saturated carbocycles. The van der Waals surface area contributed by atoms with Gasteiger partial charge < -0.3 is 0 Å². The van der Waals surface area contributed by atoms with Gasteiger partial charge in [0, 0.05) is 20.9 Å². The summed E-state index contributed by atoms with van der Waals surface area (Å²) in [6.45, 7) is 11.9. The van der Waals surface area contributed by atoms with Crippen LogP contribution < -0.4 is 0 Å². The van der Waals surface area contributed by atoms with E-state index in [1.54, 1.807) is 22.7 Å². The lowest BCUT2D eigenvalue weighted by atomic mass is 9.95. The van der Waals surface area contributed by atoms with Gasteiger partial charge in [0.1, 0.15) is 0 Å². The minimum atomic E-state index is -0.357. The first kappa shape index (κ1) is 16.8. The maximum absolute atomic E-state index is 11.9. The lowest BCUT2D eigenvalue weighted by molar-refractivity contribution is 0.0816. The Bertz CT molecular complexity index is 577. The van der Waals surface area contributed by atoms with E-state index in [2.05, 4.69) is 0 Å². The van der Waals surface area contributed by atoms with Crippen LogP contribution in [-0.2, 0) is 0 Å². The van der Waals surface area contributed by atoms with Crippen molar-refractivity contribution in [1.82, 2.24) is 0 Å². The molecule has 2 nitrogen and oxygen atoms in total. The van der Waals surface area contributed by atoms with Gasteiger partial charge in [-0.25, -0.2) is 0 Å². The average molecular weight is 308 g/mol. The SMILES string of the molecule is CC.CC.Cc1cc2c(s1)-c1sc(C)cc1C(=O)C2=O. The van der Waals surface area contributed by atoms with Crippen LogP contribution in [0.4, 0.5) is 0 Å². The van der Waals surface area contributed by atoms with E-state index < -0.39 is 0 Å². The minimum Gasteiger partial charge on any atom is -0.285 e. The Labute approximate surface area is 128 Å². The molecule has 2 aromatic rings. The molecule has 0 spiro atoms.